The maximum atomic E-state index is 13.1. The quantitative estimate of drug-likeness (QED) is 0.478. The average Bonchev–Trinajstić information content (AvgIpc) is 3.43. The van der Waals surface area contributed by atoms with Crippen molar-refractivity contribution in [2.45, 2.75) is 40.4 Å². The fourth-order valence-corrected chi connectivity index (χ4v) is 4.80. The van der Waals surface area contributed by atoms with E-state index in [1.807, 2.05) is 67.4 Å². The Kier molecular flexibility index (Phi) is 4.90. The van der Waals surface area contributed by atoms with Crippen LogP contribution in [-0.4, -0.2) is 30.6 Å². The van der Waals surface area contributed by atoms with Crippen molar-refractivity contribution in [1.82, 2.24) is 24.6 Å². The van der Waals surface area contributed by atoms with Gasteiger partial charge in [0.25, 0.3) is 0 Å². The van der Waals surface area contributed by atoms with Crippen molar-refractivity contribution < 1.29 is 4.79 Å². The molecule has 0 atom stereocenters. The summed E-state index contributed by atoms with van der Waals surface area (Å²) < 4.78 is 1.80. The SMILES string of the molecule is Cc1nc2c(s1)CN(C(=O)Cn1nc(-c3cc(C)c(C)cn3)cc1-c1ccccc1)C2. The van der Waals surface area contributed by atoms with Crippen molar-refractivity contribution in [3.05, 3.63) is 75.4 Å². The van der Waals surface area contributed by atoms with Gasteiger partial charge in [0.1, 0.15) is 12.2 Å². The molecule has 156 valence electrons. The minimum atomic E-state index is 0.0442. The van der Waals surface area contributed by atoms with Crippen molar-refractivity contribution in [2.75, 3.05) is 0 Å². The summed E-state index contributed by atoms with van der Waals surface area (Å²) in [4.78, 5) is 25.3. The molecule has 5 rings (SSSR count). The standard InChI is InChI=1S/C24H23N5OS/c1-15-9-19(25-11-16(15)2)20-10-22(18-7-5-4-6-8-18)29(27-20)14-24(30)28-12-21-23(13-28)31-17(3)26-21/h4-11H,12-14H2,1-3H3. The van der Waals surface area contributed by atoms with E-state index in [4.69, 9.17) is 5.10 Å². The normalized spacial score (nSPS) is 12.9. The second kappa shape index (κ2) is 7.74. The van der Waals surface area contributed by atoms with Crippen LogP contribution in [0.3, 0.4) is 0 Å². The van der Waals surface area contributed by atoms with Gasteiger partial charge >= 0.3 is 0 Å². The van der Waals surface area contributed by atoms with Gasteiger partial charge in [0, 0.05) is 11.1 Å². The monoisotopic (exact) mass is 429 g/mol. The van der Waals surface area contributed by atoms with Crippen LogP contribution in [0.1, 0.15) is 26.7 Å². The van der Waals surface area contributed by atoms with Gasteiger partial charge in [-0.2, -0.15) is 5.10 Å². The Morgan fingerprint density at radius 1 is 1.03 bits per heavy atom. The predicted octanol–water partition coefficient (Wildman–Crippen LogP) is 4.54. The van der Waals surface area contributed by atoms with Crippen LogP contribution in [0, 0.1) is 20.8 Å². The van der Waals surface area contributed by atoms with Crippen molar-refractivity contribution in [2.24, 2.45) is 0 Å². The molecule has 1 amide bonds. The van der Waals surface area contributed by atoms with Crippen LogP contribution in [0.5, 0.6) is 0 Å². The summed E-state index contributed by atoms with van der Waals surface area (Å²) in [5, 5.41) is 5.84. The molecule has 0 spiro atoms. The summed E-state index contributed by atoms with van der Waals surface area (Å²) in [5.74, 6) is 0.0442. The lowest BCUT2D eigenvalue weighted by atomic mass is 10.1. The number of aromatic nitrogens is 4. The zero-order valence-electron chi connectivity index (χ0n) is 17.8. The summed E-state index contributed by atoms with van der Waals surface area (Å²) in [5.41, 5.74) is 6.86. The molecule has 3 aromatic heterocycles. The number of benzene rings is 1. The molecule has 0 bridgehead atoms. The first kappa shape index (κ1) is 19.6. The average molecular weight is 430 g/mol. The van der Waals surface area contributed by atoms with E-state index in [1.54, 1.807) is 16.0 Å². The highest BCUT2D eigenvalue weighted by molar-refractivity contribution is 7.11. The first-order valence-electron chi connectivity index (χ1n) is 10.3. The minimum Gasteiger partial charge on any atom is -0.330 e. The topological polar surface area (TPSA) is 63.9 Å². The number of pyridine rings is 1. The Bertz CT molecular complexity index is 1250. The molecule has 0 N–H and O–H groups in total. The Hall–Kier alpha value is -3.32. The lowest BCUT2D eigenvalue weighted by molar-refractivity contribution is -0.132. The molecule has 0 saturated carbocycles. The van der Waals surface area contributed by atoms with E-state index in [-0.39, 0.29) is 12.5 Å². The molecule has 0 saturated heterocycles. The lowest BCUT2D eigenvalue weighted by Gasteiger charge is -2.16. The Morgan fingerprint density at radius 3 is 2.58 bits per heavy atom. The van der Waals surface area contributed by atoms with E-state index in [1.165, 1.54) is 10.4 Å². The third-order valence-corrected chi connectivity index (χ3v) is 6.68. The van der Waals surface area contributed by atoms with Gasteiger partial charge in [0.2, 0.25) is 5.91 Å². The van der Waals surface area contributed by atoms with Crippen LogP contribution in [-0.2, 0) is 24.4 Å². The summed E-state index contributed by atoms with van der Waals surface area (Å²) in [6, 6.07) is 14.1. The van der Waals surface area contributed by atoms with Gasteiger partial charge in [0.15, 0.2) is 0 Å². The van der Waals surface area contributed by atoms with Crippen molar-refractivity contribution in [3.63, 3.8) is 0 Å². The number of hydrogen-bond donors (Lipinski definition) is 0. The minimum absolute atomic E-state index is 0.0442. The Morgan fingerprint density at radius 2 is 1.84 bits per heavy atom. The van der Waals surface area contributed by atoms with Crippen LogP contribution >= 0.6 is 11.3 Å². The number of carbonyl (C=O) groups is 1. The number of carbonyl (C=O) groups excluding carboxylic acids is 1. The number of nitrogens with zero attached hydrogens (tertiary/aromatic N) is 5. The van der Waals surface area contributed by atoms with Gasteiger partial charge in [-0.1, -0.05) is 30.3 Å². The van der Waals surface area contributed by atoms with Crippen molar-refractivity contribution >= 4 is 17.2 Å². The molecule has 4 heterocycles. The highest BCUT2D eigenvalue weighted by Crippen LogP contribution is 2.29. The van der Waals surface area contributed by atoms with Crippen LogP contribution in [0.15, 0.2) is 48.7 Å². The second-order valence-corrected chi connectivity index (χ2v) is 9.23. The maximum Gasteiger partial charge on any atom is 0.245 e. The molecular weight excluding hydrogens is 406 g/mol. The number of amides is 1. The zero-order valence-corrected chi connectivity index (χ0v) is 18.6. The molecule has 4 aromatic rings. The van der Waals surface area contributed by atoms with Gasteiger partial charge in [0.05, 0.1) is 35.2 Å². The van der Waals surface area contributed by atoms with Gasteiger partial charge in [-0.15, -0.1) is 11.3 Å². The fourth-order valence-electron chi connectivity index (χ4n) is 3.84. The first-order valence-corrected chi connectivity index (χ1v) is 11.1. The van der Waals surface area contributed by atoms with E-state index < -0.39 is 0 Å². The summed E-state index contributed by atoms with van der Waals surface area (Å²) in [6.45, 7) is 7.51. The smallest absolute Gasteiger partial charge is 0.245 e. The molecule has 0 aliphatic carbocycles. The van der Waals surface area contributed by atoms with Gasteiger partial charge in [-0.05, 0) is 49.6 Å². The van der Waals surface area contributed by atoms with E-state index in [9.17, 15) is 4.79 Å². The summed E-state index contributed by atoms with van der Waals surface area (Å²) in [7, 11) is 0. The lowest BCUT2D eigenvalue weighted by Crippen LogP contribution is -2.30. The number of hydrogen-bond acceptors (Lipinski definition) is 5. The number of aryl methyl sites for hydroxylation is 3. The molecule has 0 radical (unpaired) electrons. The van der Waals surface area contributed by atoms with Crippen LogP contribution in [0.25, 0.3) is 22.6 Å². The van der Waals surface area contributed by atoms with Crippen molar-refractivity contribution in [1.29, 1.82) is 0 Å². The molecule has 1 aromatic carbocycles. The van der Waals surface area contributed by atoms with E-state index in [2.05, 4.69) is 16.9 Å². The molecular formula is C24H23N5OS. The third kappa shape index (κ3) is 3.77. The van der Waals surface area contributed by atoms with E-state index in [0.29, 0.717) is 13.1 Å². The Labute approximate surface area is 185 Å². The first-order chi connectivity index (χ1) is 15.0. The summed E-state index contributed by atoms with van der Waals surface area (Å²) in [6.07, 6.45) is 1.87. The van der Waals surface area contributed by atoms with Crippen LogP contribution in [0.4, 0.5) is 0 Å². The Balaban J connectivity index is 1.46. The highest BCUT2D eigenvalue weighted by Gasteiger charge is 2.27. The number of rotatable bonds is 4. The zero-order chi connectivity index (χ0) is 21.5. The number of thiazole rings is 1. The maximum absolute atomic E-state index is 13.1. The molecule has 7 heteroatoms. The molecule has 0 unspecified atom stereocenters. The largest absolute Gasteiger partial charge is 0.330 e. The molecule has 6 nitrogen and oxygen atoms in total. The third-order valence-electron chi connectivity index (χ3n) is 5.68. The molecule has 31 heavy (non-hydrogen) atoms. The molecule has 0 fully saturated rings. The van der Waals surface area contributed by atoms with Crippen LogP contribution < -0.4 is 0 Å². The summed E-state index contributed by atoms with van der Waals surface area (Å²) >= 11 is 1.67. The van der Waals surface area contributed by atoms with Gasteiger partial charge in [-0.3, -0.25) is 14.5 Å². The van der Waals surface area contributed by atoms with E-state index >= 15 is 0 Å². The van der Waals surface area contributed by atoms with Crippen LogP contribution in [0.2, 0.25) is 0 Å². The van der Waals surface area contributed by atoms with Crippen molar-refractivity contribution in [3.8, 4) is 22.6 Å². The number of fused-ring (bicyclic) bond motifs is 1. The highest BCUT2D eigenvalue weighted by atomic mass is 32.1. The molecule has 1 aliphatic heterocycles. The van der Waals surface area contributed by atoms with Gasteiger partial charge in [-0.25, -0.2) is 4.98 Å². The van der Waals surface area contributed by atoms with Gasteiger partial charge < -0.3 is 4.90 Å². The van der Waals surface area contributed by atoms with E-state index in [0.717, 1.165) is 38.9 Å². The molecule has 1 aliphatic rings. The second-order valence-electron chi connectivity index (χ2n) is 7.94. The fraction of sp³-hybridized carbons (Fsp3) is 0.250. The predicted molar refractivity (Wildman–Crippen MR) is 121 cm³/mol.